The van der Waals surface area contributed by atoms with Gasteiger partial charge in [0.1, 0.15) is 5.75 Å². The monoisotopic (exact) mass is 400 g/mol. The van der Waals surface area contributed by atoms with Gasteiger partial charge in [-0.05, 0) is 42.8 Å². The third kappa shape index (κ3) is 3.85. The fraction of sp³-hybridized carbons (Fsp3) is 0.182. The summed E-state index contributed by atoms with van der Waals surface area (Å²) < 4.78 is 5.89. The molecule has 1 aliphatic rings. The standard InChI is InChI=1S/C22H20N6O2/c29-22-20(7-9-23-22)24-13-16-3-1-14-11-17(4-5-18(14)27-16)30-21-6-2-15(12-25-21)19-8-10-26-28-19/h1-6,8,10-12,20,24H,7,9,13H2,(H,23,29)(H,26,28)/t20-/m0/s1. The van der Waals surface area contributed by atoms with Gasteiger partial charge < -0.3 is 15.4 Å². The van der Waals surface area contributed by atoms with Crippen LogP contribution >= 0.6 is 0 Å². The number of nitrogens with zero attached hydrogens (tertiary/aromatic N) is 3. The minimum atomic E-state index is -0.134. The SMILES string of the molecule is O=C1NCC[C@@H]1NCc1ccc2cc(Oc3ccc(-c4ccn[nH]4)cn3)ccc2n1. The summed E-state index contributed by atoms with van der Waals surface area (Å²) >= 11 is 0. The Morgan fingerprint density at radius 2 is 2.10 bits per heavy atom. The lowest BCUT2D eigenvalue weighted by Crippen LogP contribution is -2.35. The van der Waals surface area contributed by atoms with Gasteiger partial charge in [0.2, 0.25) is 11.8 Å². The maximum absolute atomic E-state index is 11.7. The highest BCUT2D eigenvalue weighted by Gasteiger charge is 2.23. The third-order valence-corrected chi connectivity index (χ3v) is 5.07. The lowest BCUT2D eigenvalue weighted by Gasteiger charge is -2.10. The second kappa shape index (κ2) is 7.92. The van der Waals surface area contributed by atoms with Gasteiger partial charge in [-0.1, -0.05) is 6.07 Å². The molecule has 1 aromatic carbocycles. The van der Waals surface area contributed by atoms with E-state index in [1.54, 1.807) is 12.4 Å². The lowest BCUT2D eigenvalue weighted by molar-refractivity contribution is -0.120. The van der Waals surface area contributed by atoms with Crippen LogP contribution in [0, 0.1) is 0 Å². The third-order valence-electron chi connectivity index (χ3n) is 5.07. The second-order valence-electron chi connectivity index (χ2n) is 7.13. The van der Waals surface area contributed by atoms with Crippen molar-refractivity contribution in [2.24, 2.45) is 0 Å². The summed E-state index contributed by atoms with van der Waals surface area (Å²) in [6, 6.07) is 15.2. The van der Waals surface area contributed by atoms with E-state index in [2.05, 4.69) is 30.8 Å². The van der Waals surface area contributed by atoms with Gasteiger partial charge in [0.15, 0.2) is 0 Å². The van der Waals surface area contributed by atoms with Gasteiger partial charge in [-0.15, -0.1) is 0 Å². The number of hydrogen-bond acceptors (Lipinski definition) is 6. The molecule has 150 valence electrons. The maximum atomic E-state index is 11.7. The van der Waals surface area contributed by atoms with E-state index in [1.165, 1.54) is 0 Å². The van der Waals surface area contributed by atoms with Crippen molar-refractivity contribution in [1.29, 1.82) is 0 Å². The maximum Gasteiger partial charge on any atom is 0.237 e. The lowest BCUT2D eigenvalue weighted by atomic mass is 10.2. The van der Waals surface area contributed by atoms with E-state index in [0.29, 0.717) is 18.2 Å². The van der Waals surface area contributed by atoms with E-state index in [1.807, 2.05) is 48.5 Å². The first-order chi connectivity index (χ1) is 14.7. The molecule has 3 N–H and O–H groups in total. The molecule has 1 amide bonds. The topological polar surface area (TPSA) is 105 Å². The number of benzene rings is 1. The number of nitrogens with one attached hydrogen (secondary N) is 3. The van der Waals surface area contributed by atoms with Crippen molar-refractivity contribution in [3.05, 3.63) is 66.6 Å². The van der Waals surface area contributed by atoms with Gasteiger partial charge in [0.05, 0.1) is 22.9 Å². The van der Waals surface area contributed by atoms with E-state index in [9.17, 15) is 4.79 Å². The van der Waals surface area contributed by atoms with Crippen LogP contribution in [0.2, 0.25) is 0 Å². The van der Waals surface area contributed by atoms with Gasteiger partial charge >= 0.3 is 0 Å². The Bertz CT molecular complexity index is 1170. The van der Waals surface area contributed by atoms with Crippen molar-refractivity contribution < 1.29 is 9.53 Å². The first-order valence-electron chi connectivity index (χ1n) is 9.79. The molecule has 1 aliphatic heterocycles. The van der Waals surface area contributed by atoms with Gasteiger partial charge in [0.25, 0.3) is 0 Å². The Hall–Kier alpha value is -3.78. The molecule has 0 unspecified atom stereocenters. The van der Waals surface area contributed by atoms with Crippen molar-refractivity contribution >= 4 is 16.8 Å². The number of aromatic nitrogens is 4. The average molecular weight is 400 g/mol. The Morgan fingerprint density at radius 3 is 2.87 bits per heavy atom. The average Bonchev–Trinajstić information content (AvgIpc) is 3.45. The number of H-pyrrole nitrogens is 1. The van der Waals surface area contributed by atoms with Crippen LogP contribution in [0.5, 0.6) is 11.6 Å². The summed E-state index contributed by atoms with van der Waals surface area (Å²) in [6.07, 6.45) is 4.26. The predicted molar refractivity (Wildman–Crippen MR) is 112 cm³/mol. The molecule has 5 rings (SSSR count). The first kappa shape index (κ1) is 18.3. The van der Waals surface area contributed by atoms with Gasteiger partial charge in [-0.3, -0.25) is 14.9 Å². The Labute approximate surface area is 172 Å². The highest BCUT2D eigenvalue weighted by atomic mass is 16.5. The van der Waals surface area contributed by atoms with Crippen LogP contribution in [0.15, 0.2) is 60.9 Å². The zero-order chi connectivity index (χ0) is 20.3. The van der Waals surface area contributed by atoms with Crippen LogP contribution in [0.3, 0.4) is 0 Å². The summed E-state index contributed by atoms with van der Waals surface area (Å²) in [4.78, 5) is 20.7. The van der Waals surface area contributed by atoms with Crippen LogP contribution in [0.25, 0.3) is 22.2 Å². The van der Waals surface area contributed by atoms with Gasteiger partial charge in [0, 0.05) is 42.5 Å². The predicted octanol–water partition coefficient (Wildman–Crippen LogP) is 2.79. The number of amides is 1. The first-order valence-corrected chi connectivity index (χ1v) is 9.79. The molecule has 4 heterocycles. The highest BCUT2D eigenvalue weighted by molar-refractivity contribution is 5.83. The van der Waals surface area contributed by atoms with Crippen LogP contribution in [0.1, 0.15) is 12.1 Å². The van der Waals surface area contributed by atoms with E-state index in [4.69, 9.17) is 4.74 Å². The summed E-state index contributed by atoms with van der Waals surface area (Å²) in [5.74, 6) is 1.27. The van der Waals surface area contributed by atoms with Gasteiger partial charge in [-0.2, -0.15) is 5.10 Å². The number of carbonyl (C=O) groups excluding carboxylic acids is 1. The molecule has 0 spiro atoms. The second-order valence-corrected chi connectivity index (χ2v) is 7.13. The Morgan fingerprint density at radius 1 is 1.13 bits per heavy atom. The molecule has 0 bridgehead atoms. The molecule has 0 saturated carbocycles. The molecule has 1 atom stereocenters. The molecule has 1 saturated heterocycles. The number of aromatic amines is 1. The normalized spacial score (nSPS) is 16.0. The largest absolute Gasteiger partial charge is 0.439 e. The number of rotatable bonds is 6. The fourth-order valence-corrected chi connectivity index (χ4v) is 3.46. The smallest absolute Gasteiger partial charge is 0.237 e. The van der Waals surface area contributed by atoms with E-state index < -0.39 is 0 Å². The van der Waals surface area contributed by atoms with Crippen LogP contribution < -0.4 is 15.4 Å². The zero-order valence-electron chi connectivity index (χ0n) is 16.1. The molecular weight excluding hydrogens is 380 g/mol. The van der Waals surface area contributed by atoms with E-state index in [-0.39, 0.29) is 11.9 Å². The van der Waals surface area contributed by atoms with Gasteiger partial charge in [-0.25, -0.2) is 4.98 Å². The number of hydrogen-bond donors (Lipinski definition) is 3. The summed E-state index contributed by atoms with van der Waals surface area (Å²) in [5, 5.41) is 13.9. The van der Waals surface area contributed by atoms with Crippen molar-refractivity contribution in [1.82, 2.24) is 30.8 Å². The number of fused-ring (bicyclic) bond motifs is 1. The van der Waals surface area contributed by atoms with E-state index >= 15 is 0 Å². The van der Waals surface area contributed by atoms with Crippen molar-refractivity contribution in [3.8, 4) is 22.9 Å². The minimum Gasteiger partial charge on any atom is -0.439 e. The quantitative estimate of drug-likeness (QED) is 0.460. The molecule has 0 aliphatic carbocycles. The highest BCUT2D eigenvalue weighted by Crippen LogP contribution is 2.25. The molecule has 1 fully saturated rings. The summed E-state index contributed by atoms with van der Waals surface area (Å²) in [6.45, 7) is 1.28. The Kier molecular flexibility index (Phi) is 4.82. The number of pyridine rings is 2. The summed E-state index contributed by atoms with van der Waals surface area (Å²) in [5.41, 5.74) is 3.62. The van der Waals surface area contributed by atoms with Crippen molar-refractivity contribution in [3.63, 3.8) is 0 Å². The van der Waals surface area contributed by atoms with E-state index in [0.717, 1.165) is 40.8 Å². The molecule has 4 aromatic rings. The van der Waals surface area contributed by atoms with Crippen molar-refractivity contribution in [2.75, 3.05) is 6.54 Å². The Balaban J connectivity index is 1.27. The molecule has 8 heteroatoms. The molecule has 8 nitrogen and oxygen atoms in total. The molecule has 3 aromatic heterocycles. The molecular formula is C22H20N6O2. The fourth-order valence-electron chi connectivity index (χ4n) is 3.46. The molecule has 30 heavy (non-hydrogen) atoms. The van der Waals surface area contributed by atoms with Crippen LogP contribution in [0.4, 0.5) is 0 Å². The van der Waals surface area contributed by atoms with Crippen LogP contribution in [-0.4, -0.2) is 38.7 Å². The molecule has 0 radical (unpaired) electrons. The zero-order valence-corrected chi connectivity index (χ0v) is 16.1. The van der Waals surface area contributed by atoms with Crippen LogP contribution in [-0.2, 0) is 11.3 Å². The summed E-state index contributed by atoms with van der Waals surface area (Å²) in [7, 11) is 0. The number of ether oxygens (including phenoxy) is 1. The number of carbonyl (C=O) groups is 1. The minimum absolute atomic E-state index is 0.0591. The van der Waals surface area contributed by atoms with Crippen molar-refractivity contribution in [2.45, 2.75) is 19.0 Å².